The predicted octanol–water partition coefficient (Wildman–Crippen LogP) is 1.71. The zero-order chi connectivity index (χ0) is 13.7. The van der Waals surface area contributed by atoms with Crippen LogP contribution in [0.1, 0.15) is 25.0 Å². The fourth-order valence-corrected chi connectivity index (χ4v) is 2.93. The number of imidazole rings is 1. The molecule has 2 rings (SSSR count). The summed E-state index contributed by atoms with van der Waals surface area (Å²) in [6.45, 7) is 2.07. The number of hydrogen-bond acceptors (Lipinski definition) is 5. The van der Waals surface area contributed by atoms with Crippen LogP contribution in [-0.4, -0.2) is 41.7 Å². The minimum atomic E-state index is 0.287. The third kappa shape index (κ3) is 3.26. The first-order valence-electron chi connectivity index (χ1n) is 6.69. The minimum Gasteiger partial charge on any atom is -0.396 e. The number of unbranched alkanes of at least 4 members (excludes halogenated alkanes) is 2. The molecule has 2 N–H and O–H groups in total. The third-order valence-corrected chi connectivity index (χ3v) is 3.95. The number of anilines is 1. The van der Waals surface area contributed by atoms with Gasteiger partial charge in [0.15, 0.2) is 10.8 Å². The number of aliphatic hydroxyl groups is 1. The number of rotatable bonds is 8. The molecule has 0 aliphatic heterocycles. The Kier molecular flexibility index (Phi) is 5.18. The van der Waals surface area contributed by atoms with E-state index in [9.17, 15) is 0 Å². The summed E-state index contributed by atoms with van der Waals surface area (Å²) in [7, 11) is 4.04. The van der Waals surface area contributed by atoms with E-state index in [2.05, 4.69) is 33.2 Å². The van der Waals surface area contributed by atoms with E-state index in [-0.39, 0.29) is 6.61 Å². The van der Waals surface area contributed by atoms with E-state index in [1.807, 2.05) is 7.05 Å². The van der Waals surface area contributed by atoms with E-state index in [4.69, 9.17) is 10.1 Å². The Morgan fingerprint density at radius 1 is 1.42 bits per heavy atom. The number of nitrogens with one attached hydrogen (secondary N) is 1. The molecule has 19 heavy (non-hydrogen) atoms. The molecule has 2 aromatic rings. The second-order valence-electron chi connectivity index (χ2n) is 4.67. The lowest BCUT2D eigenvalue weighted by atomic mass is 10.2. The lowest BCUT2D eigenvalue weighted by Gasteiger charge is -2.18. The molecule has 0 unspecified atom stereocenters. The molecule has 106 valence electrons. The number of fused-ring (bicyclic) bond motifs is 1. The monoisotopic (exact) mass is 282 g/mol. The van der Waals surface area contributed by atoms with Crippen molar-refractivity contribution < 1.29 is 5.11 Å². The quantitative estimate of drug-likeness (QED) is 0.724. The van der Waals surface area contributed by atoms with Gasteiger partial charge in [0, 0.05) is 38.3 Å². The van der Waals surface area contributed by atoms with E-state index in [1.165, 1.54) is 5.69 Å². The molecular weight excluding hydrogens is 260 g/mol. The Hall–Kier alpha value is -1.11. The van der Waals surface area contributed by atoms with Gasteiger partial charge in [-0.05, 0) is 26.3 Å². The van der Waals surface area contributed by atoms with Crippen LogP contribution in [0.4, 0.5) is 5.82 Å². The second-order valence-corrected chi connectivity index (χ2v) is 5.55. The molecule has 0 atom stereocenters. The largest absolute Gasteiger partial charge is 0.396 e. The maximum Gasteiger partial charge on any atom is 0.195 e. The van der Waals surface area contributed by atoms with Gasteiger partial charge >= 0.3 is 0 Å². The fraction of sp³-hybridized carbons (Fsp3) is 0.615. The van der Waals surface area contributed by atoms with E-state index < -0.39 is 0 Å². The van der Waals surface area contributed by atoms with Crippen molar-refractivity contribution in [2.75, 3.05) is 32.1 Å². The van der Waals surface area contributed by atoms with E-state index in [0.29, 0.717) is 0 Å². The molecule has 6 heteroatoms. The Morgan fingerprint density at radius 3 is 3.00 bits per heavy atom. The summed E-state index contributed by atoms with van der Waals surface area (Å²) in [6.07, 6.45) is 5.10. The van der Waals surface area contributed by atoms with Gasteiger partial charge in [0.25, 0.3) is 0 Å². The van der Waals surface area contributed by atoms with Crippen molar-refractivity contribution in [3.05, 3.63) is 17.3 Å². The Morgan fingerprint density at radius 2 is 2.26 bits per heavy atom. The Bertz CT molecular complexity index is 508. The number of hydrogen-bond donors (Lipinski definition) is 2. The first kappa shape index (κ1) is 14.3. The van der Waals surface area contributed by atoms with Crippen LogP contribution in [0.2, 0.25) is 0 Å². The molecule has 0 aromatic carbocycles. The highest BCUT2D eigenvalue weighted by molar-refractivity contribution is 7.15. The van der Waals surface area contributed by atoms with Crippen LogP contribution in [0.25, 0.3) is 4.96 Å². The summed E-state index contributed by atoms with van der Waals surface area (Å²) >= 11 is 1.66. The summed E-state index contributed by atoms with van der Waals surface area (Å²) in [5, 5.41) is 14.1. The van der Waals surface area contributed by atoms with Crippen LogP contribution in [0, 0.1) is 0 Å². The third-order valence-electron chi connectivity index (χ3n) is 3.20. The number of aromatic nitrogens is 2. The number of aliphatic hydroxyl groups excluding tert-OH is 1. The first-order chi connectivity index (χ1) is 9.27. The second kappa shape index (κ2) is 6.88. The molecule has 5 nitrogen and oxygen atoms in total. The summed E-state index contributed by atoms with van der Waals surface area (Å²) in [4.78, 5) is 7.96. The molecule has 2 aromatic heterocycles. The summed E-state index contributed by atoms with van der Waals surface area (Å²) in [5.41, 5.74) is 1.21. The van der Waals surface area contributed by atoms with Gasteiger partial charge in [0.05, 0.1) is 5.69 Å². The van der Waals surface area contributed by atoms with Gasteiger partial charge in [-0.25, -0.2) is 4.98 Å². The standard InChI is InChI=1S/C13H22N4OS/c1-14-10-11-12(15-13-17(11)7-9-19-13)16(2)6-4-3-5-8-18/h7,9,14,18H,3-6,8,10H2,1-2H3. The maximum absolute atomic E-state index is 8.79. The van der Waals surface area contributed by atoms with Crippen molar-refractivity contribution in [1.82, 2.24) is 14.7 Å². The molecule has 0 radical (unpaired) electrons. The van der Waals surface area contributed by atoms with Crippen molar-refractivity contribution in [2.45, 2.75) is 25.8 Å². The number of thiazole rings is 1. The van der Waals surface area contributed by atoms with Gasteiger partial charge in [-0.3, -0.25) is 4.40 Å². The Balaban J connectivity index is 2.09. The van der Waals surface area contributed by atoms with Crippen molar-refractivity contribution >= 4 is 22.1 Å². The smallest absolute Gasteiger partial charge is 0.195 e. The zero-order valence-electron chi connectivity index (χ0n) is 11.6. The highest BCUT2D eigenvalue weighted by Gasteiger charge is 2.15. The first-order valence-corrected chi connectivity index (χ1v) is 7.57. The summed E-state index contributed by atoms with van der Waals surface area (Å²) in [5.74, 6) is 1.06. The summed E-state index contributed by atoms with van der Waals surface area (Å²) in [6, 6.07) is 0. The zero-order valence-corrected chi connectivity index (χ0v) is 12.4. The van der Waals surface area contributed by atoms with Gasteiger partial charge in [0.1, 0.15) is 0 Å². The van der Waals surface area contributed by atoms with Crippen LogP contribution < -0.4 is 10.2 Å². The molecule has 2 heterocycles. The molecular formula is C13H22N4OS. The van der Waals surface area contributed by atoms with E-state index in [0.717, 1.165) is 43.1 Å². The average Bonchev–Trinajstić information content (AvgIpc) is 2.97. The van der Waals surface area contributed by atoms with Gasteiger partial charge < -0.3 is 15.3 Å². The molecule has 0 spiro atoms. The highest BCUT2D eigenvalue weighted by atomic mass is 32.1. The van der Waals surface area contributed by atoms with Crippen LogP contribution >= 0.6 is 11.3 Å². The molecule has 0 saturated carbocycles. The van der Waals surface area contributed by atoms with Gasteiger partial charge in [0.2, 0.25) is 0 Å². The topological polar surface area (TPSA) is 52.8 Å². The fourth-order valence-electron chi connectivity index (χ4n) is 2.20. The van der Waals surface area contributed by atoms with E-state index >= 15 is 0 Å². The van der Waals surface area contributed by atoms with Gasteiger partial charge in [-0.2, -0.15) is 0 Å². The molecule has 0 aliphatic rings. The lowest BCUT2D eigenvalue weighted by molar-refractivity contribution is 0.283. The van der Waals surface area contributed by atoms with Crippen LogP contribution in [0.5, 0.6) is 0 Å². The van der Waals surface area contributed by atoms with Crippen LogP contribution in [0.3, 0.4) is 0 Å². The van der Waals surface area contributed by atoms with Gasteiger partial charge in [-0.1, -0.05) is 0 Å². The lowest BCUT2D eigenvalue weighted by Crippen LogP contribution is -2.22. The summed E-state index contributed by atoms with van der Waals surface area (Å²) < 4.78 is 2.15. The SMILES string of the molecule is CNCc1c(N(C)CCCCCO)nc2sccn12. The average molecular weight is 282 g/mol. The van der Waals surface area contributed by atoms with Gasteiger partial charge in [-0.15, -0.1) is 11.3 Å². The predicted molar refractivity (Wildman–Crippen MR) is 80.0 cm³/mol. The highest BCUT2D eigenvalue weighted by Crippen LogP contribution is 2.24. The molecule has 0 bridgehead atoms. The van der Waals surface area contributed by atoms with Crippen molar-refractivity contribution in [3.63, 3.8) is 0 Å². The van der Waals surface area contributed by atoms with Crippen molar-refractivity contribution in [1.29, 1.82) is 0 Å². The molecule has 0 saturated heterocycles. The molecule has 0 amide bonds. The molecule has 0 aliphatic carbocycles. The number of nitrogens with zero attached hydrogens (tertiary/aromatic N) is 3. The van der Waals surface area contributed by atoms with E-state index in [1.54, 1.807) is 11.3 Å². The van der Waals surface area contributed by atoms with Crippen molar-refractivity contribution in [3.8, 4) is 0 Å². The normalized spacial score (nSPS) is 11.3. The minimum absolute atomic E-state index is 0.287. The van der Waals surface area contributed by atoms with Crippen LogP contribution in [-0.2, 0) is 6.54 Å². The Labute approximate surface area is 117 Å². The van der Waals surface area contributed by atoms with Crippen molar-refractivity contribution in [2.24, 2.45) is 0 Å². The van der Waals surface area contributed by atoms with Crippen LogP contribution in [0.15, 0.2) is 11.6 Å². The molecule has 0 fully saturated rings. The maximum atomic E-state index is 8.79.